The van der Waals surface area contributed by atoms with Crippen molar-refractivity contribution in [1.82, 2.24) is 14.7 Å². The van der Waals surface area contributed by atoms with Crippen molar-refractivity contribution in [3.63, 3.8) is 0 Å². The lowest BCUT2D eigenvalue weighted by molar-refractivity contribution is -0.0293. The monoisotopic (exact) mass is 357 g/mol. The maximum atomic E-state index is 5.63. The van der Waals surface area contributed by atoms with E-state index in [9.17, 15) is 0 Å². The summed E-state index contributed by atoms with van der Waals surface area (Å²) in [6, 6.07) is 0.615. The molecule has 0 saturated carbocycles. The molecule has 0 radical (unpaired) electrons. The minimum absolute atomic E-state index is 0. The molecule has 4 aliphatic rings. The average Bonchev–Trinajstić information content (AvgIpc) is 2.91. The van der Waals surface area contributed by atoms with Crippen LogP contribution in [0.3, 0.4) is 0 Å². The van der Waals surface area contributed by atoms with Crippen molar-refractivity contribution >= 4 is 0 Å². The first-order valence-corrected chi connectivity index (χ1v) is 9.85. The number of hydrogen-bond acceptors (Lipinski definition) is 5. The van der Waals surface area contributed by atoms with Crippen LogP contribution in [0.5, 0.6) is 0 Å². The summed E-state index contributed by atoms with van der Waals surface area (Å²) in [7, 11) is 6.50. The van der Waals surface area contributed by atoms with Crippen LogP contribution in [-0.2, 0) is 9.47 Å². The van der Waals surface area contributed by atoms with Gasteiger partial charge < -0.3 is 19.3 Å². The normalized spacial score (nSPS) is 33.4. The van der Waals surface area contributed by atoms with E-state index in [-0.39, 0.29) is 7.43 Å². The fraction of sp³-hybridized carbons (Fsp3) is 1.00. The summed E-state index contributed by atoms with van der Waals surface area (Å²) < 4.78 is 10.8. The molecule has 4 heterocycles. The van der Waals surface area contributed by atoms with Crippen molar-refractivity contribution in [2.24, 2.45) is 0 Å². The van der Waals surface area contributed by atoms with Crippen LogP contribution in [0, 0.1) is 0 Å². The molecule has 0 N–H and O–H groups in total. The highest BCUT2D eigenvalue weighted by atomic mass is 16.5. The largest absolute Gasteiger partial charge is 0.379 e. The second kappa shape index (κ2) is 12.2. The van der Waals surface area contributed by atoms with Gasteiger partial charge in [0.05, 0.1) is 25.4 Å². The zero-order valence-corrected chi connectivity index (χ0v) is 16.4. The Morgan fingerprint density at radius 1 is 0.800 bits per heavy atom. The van der Waals surface area contributed by atoms with E-state index >= 15 is 0 Å². The summed E-state index contributed by atoms with van der Waals surface area (Å²) in [6.45, 7) is 10.0. The Balaban J connectivity index is 0.000000186. The Kier molecular flexibility index (Phi) is 11.2. The third-order valence-electron chi connectivity index (χ3n) is 5.51. The zero-order valence-electron chi connectivity index (χ0n) is 16.4. The Bertz CT molecular complexity index is 315. The van der Waals surface area contributed by atoms with Gasteiger partial charge in [0.1, 0.15) is 0 Å². The smallest absolute Gasteiger partial charge is 0.0707 e. The summed E-state index contributed by atoms with van der Waals surface area (Å²) in [6.07, 6.45) is 7.98. The summed E-state index contributed by atoms with van der Waals surface area (Å²) >= 11 is 0. The summed E-state index contributed by atoms with van der Waals surface area (Å²) in [5.74, 6) is 0. The van der Waals surface area contributed by atoms with E-state index < -0.39 is 0 Å². The lowest BCUT2D eigenvalue weighted by Crippen LogP contribution is -2.40. The molecule has 4 aliphatic heterocycles. The molecule has 4 fully saturated rings. The molecule has 0 aromatic rings. The second-order valence-electron chi connectivity index (χ2n) is 7.95. The van der Waals surface area contributed by atoms with Crippen molar-refractivity contribution in [3.8, 4) is 0 Å². The molecule has 4 saturated heterocycles. The van der Waals surface area contributed by atoms with Crippen molar-refractivity contribution in [1.29, 1.82) is 0 Å². The molecular formula is C20H43N3O2. The van der Waals surface area contributed by atoms with E-state index in [2.05, 4.69) is 42.8 Å². The van der Waals surface area contributed by atoms with Gasteiger partial charge in [-0.2, -0.15) is 0 Å². The van der Waals surface area contributed by atoms with Crippen LogP contribution in [0.15, 0.2) is 0 Å². The molecule has 3 atom stereocenters. The van der Waals surface area contributed by atoms with E-state index in [4.69, 9.17) is 9.47 Å². The average molecular weight is 358 g/mol. The van der Waals surface area contributed by atoms with Gasteiger partial charge in [-0.1, -0.05) is 13.8 Å². The molecule has 0 aromatic carbocycles. The fourth-order valence-electron chi connectivity index (χ4n) is 3.68. The van der Waals surface area contributed by atoms with Gasteiger partial charge in [0.2, 0.25) is 0 Å². The molecule has 150 valence electrons. The minimum atomic E-state index is 0. The molecule has 4 rings (SSSR count). The van der Waals surface area contributed by atoms with Crippen LogP contribution in [0.4, 0.5) is 0 Å². The van der Waals surface area contributed by atoms with Gasteiger partial charge in [-0.25, -0.2) is 0 Å². The number of morpholine rings is 2. The van der Waals surface area contributed by atoms with E-state index in [1.807, 2.05) is 0 Å². The maximum Gasteiger partial charge on any atom is 0.0707 e. The van der Waals surface area contributed by atoms with Gasteiger partial charge in [0.15, 0.2) is 0 Å². The number of fused-ring (bicyclic) bond motifs is 2. The zero-order chi connectivity index (χ0) is 17.4. The molecule has 0 aliphatic carbocycles. The first kappa shape index (κ1) is 22.8. The summed E-state index contributed by atoms with van der Waals surface area (Å²) in [5.41, 5.74) is 0. The van der Waals surface area contributed by atoms with Crippen LogP contribution < -0.4 is 0 Å². The standard InChI is InChI=1S/C7H13NO.C6H13NO.C6H13N.CH4/c1-8-4-6-2-3-7(5-8)9-6;1-6-5-8-4-3-7(6)2;1-7-5-3-2-4-6-7;/h6-7H,2-5H2,1H3;6H,3-5H2,1-2H3;2-6H2,1H3;1H4. The number of nitrogens with zero attached hydrogens (tertiary/aromatic N) is 3. The number of rotatable bonds is 0. The molecule has 3 unspecified atom stereocenters. The fourth-order valence-corrected chi connectivity index (χ4v) is 3.68. The summed E-state index contributed by atoms with van der Waals surface area (Å²) in [5, 5.41) is 0. The number of hydrogen-bond donors (Lipinski definition) is 0. The van der Waals surface area contributed by atoms with Crippen LogP contribution in [-0.4, -0.2) is 100 Å². The highest BCUT2D eigenvalue weighted by molar-refractivity contribution is 4.82. The number of ether oxygens (including phenoxy) is 2. The van der Waals surface area contributed by atoms with E-state index in [1.54, 1.807) is 0 Å². The third kappa shape index (κ3) is 8.83. The van der Waals surface area contributed by atoms with Gasteiger partial charge in [-0.15, -0.1) is 0 Å². The van der Waals surface area contributed by atoms with Crippen molar-refractivity contribution < 1.29 is 9.47 Å². The first-order valence-electron chi connectivity index (χ1n) is 9.85. The molecule has 25 heavy (non-hydrogen) atoms. The molecule has 0 aromatic heterocycles. The van der Waals surface area contributed by atoms with Gasteiger partial charge in [0, 0.05) is 25.7 Å². The van der Waals surface area contributed by atoms with E-state index in [0.717, 1.165) is 32.8 Å². The van der Waals surface area contributed by atoms with Crippen LogP contribution >= 0.6 is 0 Å². The van der Waals surface area contributed by atoms with E-state index in [0.29, 0.717) is 18.2 Å². The maximum absolute atomic E-state index is 5.63. The van der Waals surface area contributed by atoms with Gasteiger partial charge in [0.25, 0.3) is 0 Å². The SMILES string of the molecule is C.CC1COCCN1C.CN1CC2CCC(C1)O2.CN1CCCCC1. The van der Waals surface area contributed by atoms with E-state index in [1.165, 1.54) is 45.2 Å². The lowest BCUT2D eigenvalue weighted by atomic mass is 10.1. The lowest BCUT2D eigenvalue weighted by Gasteiger charge is -2.29. The molecule has 0 amide bonds. The number of likely N-dealkylation sites (tertiary alicyclic amines) is 2. The molecule has 2 bridgehead atoms. The highest BCUT2D eigenvalue weighted by Crippen LogP contribution is 2.24. The number of likely N-dealkylation sites (N-methyl/N-ethyl adjacent to an activating group) is 2. The quantitative estimate of drug-likeness (QED) is 0.664. The topological polar surface area (TPSA) is 28.2 Å². The Morgan fingerprint density at radius 3 is 1.80 bits per heavy atom. The van der Waals surface area contributed by atoms with Crippen molar-refractivity contribution in [2.75, 3.05) is 67.1 Å². The Morgan fingerprint density at radius 2 is 1.40 bits per heavy atom. The third-order valence-corrected chi connectivity index (χ3v) is 5.51. The summed E-state index contributed by atoms with van der Waals surface area (Å²) in [4.78, 5) is 7.07. The molecule has 5 heteroatoms. The van der Waals surface area contributed by atoms with Crippen LogP contribution in [0.2, 0.25) is 0 Å². The molecular weight excluding hydrogens is 314 g/mol. The number of piperidine rings is 1. The highest BCUT2D eigenvalue weighted by Gasteiger charge is 2.31. The van der Waals surface area contributed by atoms with Gasteiger partial charge in [-0.3, -0.25) is 4.90 Å². The molecule has 5 nitrogen and oxygen atoms in total. The predicted molar refractivity (Wildman–Crippen MR) is 106 cm³/mol. The Hall–Kier alpha value is -0.200. The second-order valence-corrected chi connectivity index (χ2v) is 7.95. The minimum Gasteiger partial charge on any atom is -0.379 e. The predicted octanol–water partition coefficient (Wildman–Crippen LogP) is 2.55. The first-order chi connectivity index (χ1) is 11.5. The van der Waals surface area contributed by atoms with Crippen molar-refractivity contribution in [3.05, 3.63) is 0 Å². The molecule has 0 spiro atoms. The van der Waals surface area contributed by atoms with Crippen molar-refractivity contribution in [2.45, 2.75) is 64.7 Å². The Labute approximate surface area is 156 Å². The van der Waals surface area contributed by atoms with Gasteiger partial charge in [-0.05, 0) is 66.8 Å². The van der Waals surface area contributed by atoms with Crippen LogP contribution in [0.25, 0.3) is 0 Å². The van der Waals surface area contributed by atoms with Crippen LogP contribution in [0.1, 0.15) is 46.5 Å². The van der Waals surface area contributed by atoms with Gasteiger partial charge >= 0.3 is 0 Å².